The van der Waals surface area contributed by atoms with Crippen molar-refractivity contribution in [3.05, 3.63) is 82.3 Å². The van der Waals surface area contributed by atoms with Crippen LogP contribution < -0.4 is 19.3 Å². The van der Waals surface area contributed by atoms with Crippen LogP contribution in [0, 0.1) is 0 Å². The van der Waals surface area contributed by atoms with E-state index >= 15 is 0 Å². The highest BCUT2D eigenvalue weighted by Crippen LogP contribution is 2.55. The monoisotopic (exact) mass is 606 g/mol. The van der Waals surface area contributed by atoms with Gasteiger partial charge in [-0.2, -0.15) is 0 Å². The minimum Gasteiger partial charge on any atom is -0.454 e. The Morgan fingerprint density at radius 3 is 2.44 bits per heavy atom. The molecule has 39 heavy (non-hydrogen) atoms. The topological polar surface area (TPSA) is 65.6 Å². The van der Waals surface area contributed by atoms with Crippen molar-refractivity contribution in [2.75, 3.05) is 55.2 Å². The summed E-state index contributed by atoms with van der Waals surface area (Å²) in [5.41, 5.74) is 3.70. The zero-order chi connectivity index (χ0) is 26.6. The Labute approximate surface area is 239 Å². The summed E-state index contributed by atoms with van der Waals surface area (Å²) in [5.74, 6) is 1.78. The summed E-state index contributed by atoms with van der Waals surface area (Å²) < 4.78 is 11.9. The molecule has 0 saturated carbocycles. The number of halogens is 1. The fourth-order valence-electron chi connectivity index (χ4n) is 5.87. The number of carbonyl (C=O) groups is 2. The molecule has 4 aliphatic rings. The lowest BCUT2D eigenvalue weighted by Gasteiger charge is -2.37. The molecular formula is C29H27BrN4O4S. The molecule has 7 rings (SSSR count). The summed E-state index contributed by atoms with van der Waals surface area (Å²) in [6.07, 6.45) is 0. The van der Waals surface area contributed by atoms with Crippen molar-refractivity contribution in [2.45, 2.75) is 11.4 Å². The molecule has 0 bridgehead atoms. The Balaban J connectivity index is 1.09. The normalized spacial score (nSPS) is 22.8. The first-order valence-corrected chi connectivity index (χ1v) is 14.8. The number of carbonyl (C=O) groups excluding carboxylic acids is 2. The van der Waals surface area contributed by atoms with Crippen LogP contribution in [0.2, 0.25) is 0 Å². The van der Waals surface area contributed by atoms with Gasteiger partial charge < -0.3 is 9.47 Å². The third-order valence-electron chi connectivity index (χ3n) is 7.80. The van der Waals surface area contributed by atoms with Crippen molar-refractivity contribution >= 4 is 50.9 Å². The number of thioether (sulfide) groups is 1. The molecule has 3 aromatic rings. The fourth-order valence-corrected chi connectivity index (χ4v) is 7.50. The van der Waals surface area contributed by atoms with E-state index in [0.717, 1.165) is 65.6 Å². The lowest BCUT2D eigenvalue weighted by atomic mass is 10.0. The van der Waals surface area contributed by atoms with E-state index in [1.54, 1.807) is 4.90 Å². The number of benzene rings is 3. The molecule has 0 aliphatic carbocycles. The van der Waals surface area contributed by atoms with Gasteiger partial charge in [-0.05, 0) is 48.0 Å². The van der Waals surface area contributed by atoms with E-state index in [1.807, 2.05) is 59.5 Å². The van der Waals surface area contributed by atoms with Gasteiger partial charge in [0.25, 0.3) is 5.91 Å². The highest BCUT2D eigenvalue weighted by molar-refractivity contribution is 9.10. The predicted molar refractivity (Wildman–Crippen MR) is 154 cm³/mol. The molecule has 8 nitrogen and oxygen atoms in total. The summed E-state index contributed by atoms with van der Waals surface area (Å²) in [4.78, 5) is 34.8. The molecular weight excluding hydrogens is 580 g/mol. The number of amides is 2. The van der Waals surface area contributed by atoms with Gasteiger partial charge in [0.15, 0.2) is 11.5 Å². The lowest BCUT2D eigenvalue weighted by molar-refractivity contribution is -0.124. The van der Waals surface area contributed by atoms with Gasteiger partial charge in [-0.15, -0.1) is 11.8 Å². The van der Waals surface area contributed by atoms with Crippen LogP contribution in [0.4, 0.5) is 11.4 Å². The maximum Gasteiger partial charge on any atom is 0.269 e. The summed E-state index contributed by atoms with van der Waals surface area (Å²) in [6.45, 7) is 5.14. The van der Waals surface area contributed by atoms with Crippen LogP contribution in [0.15, 0.2) is 71.2 Å². The molecule has 2 saturated heterocycles. The number of nitrogens with zero attached hydrogens (tertiary/aromatic N) is 4. The van der Waals surface area contributed by atoms with Crippen LogP contribution in [0.5, 0.6) is 11.5 Å². The number of ether oxygens (including phenoxy) is 2. The average molecular weight is 608 g/mol. The molecule has 0 aromatic heterocycles. The van der Waals surface area contributed by atoms with Crippen molar-refractivity contribution in [2.24, 2.45) is 0 Å². The summed E-state index contributed by atoms with van der Waals surface area (Å²) >= 11 is 4.90. The Kier molecular flexibility index (Phi) is 6.30. The third kappa shape index (κ3) is 4.21. The Bertz CT molecular complexity index is 1450. The number of hydrogen-bond acceptors (Lipinski definition) is 7. The highest BCUT2D eigenvalue weighted by atomic mass is 79.9. The molecule has 0 radical (unpaired) electrons. The van der Waals surface area contributed by atoms with E-state index in [0.29, 0.717) is 6.67 Å². The van der Waals surface area contributed by atoms with Gasteiger partial charge in [0.2, 0.25) is 17.6 Å². The van der Waals surface area contributed by atoms with Crippen LogP contribution in [0.1, 0.15) is 11.1 Å². The average Bonchev–Trinajstić information content (AvgIpc) is 3.63. The second-order valence-electron chi connectivity index (χ2n) is 10.1. The molecule has 3 aromatic carbocycles. The van der Waals surface area contributed by atoms with Gasteiger partial charge in [-0.1, -0.05) is 40.2 Å². The van der Waals surface area contributed by atoms with Crippen LogP contribution >= 0.6 is 27.7 Å². The smallest absolute Gasteiger partial charge is 0.269 e. The Hall–Kier alpha value is -3.05. The van der Waals surface area contributed by atoms with E-state index in [2.05, 4.69) is 37.9 Å². The minimum absolute atomic E-state index is 0.0507. The van der Waals surface area contributed by atoms with Gasteiger partial charge >= 0.3 is 0 Å². The van der Waals surface area contributed by atoms with Crippen LogP contribution in [0.25, 0.3) is 0 Å². The Morgan fingerprint density at radius 2 is 1.62 bits per heavy atom. The first-order valence-electron chi connectivity index (χ1n) is 13.0. The maximum absolute atomic E-state index is 14.3. The first-order chi connectivity index (χ1) is 19.0. The molecule has 200 valence electrons. The van der Waals surface area contributed by atoms with Crippen molar-refractivity contribution in [1.82, 2.24) is 9.80 Å². The SMILES string of the molecule is O=C1CSC2(C(=O)N(CN3CCN(Cc4ccc5c(c4)OCO5)CC3)c3ccccc32)N1c1ccc(Br)cc1. The van der Waals surface area contributed by atoms with Crippen LogP contribution in [-0.4, -0.2) is 67.0 Å². The molecule has 2 fully saturated rings. The third-order valence-corrected chi connectivity index (χ3v) is 9.71. The fraction of sp³-hybridized carbons (Fsp3) is 0.310. The molecule has 1 spiro atoms. The number of fused-ring (bicyclic) bond motifs is 3. The quantitative estimate of drug-likeness (QED) is 0.430. The van der Waals surface area contributed by atoms with Gasteiger partial charge in [0, 0.05) is 48.4 Å². The molecule has 2 amide bonds. The van der Waals surface area contributed by atoms with Crippen molar-refractivity contribution in [3.8, 4) is 11.5 Å². The number of hydrogen-bond donors (Lipinski definition) is 0. The summed E-state index contributed by atoms with van der Waals surface area (Å²) in [7, 11) is 0. The molecule has 4 aliphatic heterocycles. The van der Waals surface area contributed by atoms with Gasteiger partial charge in [0.1, 0.15) is 0 Å². The van der Waals surface area contributed by atoms with E-state index in [4.69, 9.17) is 9.47 Å². The van der Waals surface area contributed by atoms with Gasteiger partial charge in [0.05, 0.1) is 18.1 Å². The second-order valence-corrected chi connectivity index (χ2v) is 12.2. The maximum atomic E-state index is 14.3. The molecule has 0 N–H and O–H groups in total. The first kappa shape index (κ1) is 25.0. The van der Waals surface area contributed by atoms with Gasteiger partial charge in [-0.3, -0.25) is 29.2 Å². The number of piperazine rings is 1. The van der Waals surface area contributed by atoms with E-state index in [9.17, 15) is 9.59 Å². The minimum atomic E-state index is -1.08. The summed E-state index contributed by atoms with van der Waals surface area (Å²) in [6, 6.07) is 21.7. The highest BCUT2D eigenvalue weighted by Gasteiger charge is 2.61. The van der Waals surface area contributed by atoms with E-state index in [1.165, 1.54) is 17.3 Å². The van der Waals surface area contributed by atoms with E-state index in [-0.39, 0.29) is 24.4 Å². The van der Waals surface area contributed by atoms with Crippen LogP contribution in [0.3, 0.4) is 0 Å². The molecule has 4 heterocycles. The lowest BCUT2D eigenvalue weighted by Crippen LogP contribution is -2.54. The zero-order valence-electron chi connectivity index (χ0n) is 21.2. The number of rotatable bonds is 5. The zero-order valence-corrected chi connectivity index (χ0v) is 23.6. The van der Waals surface area contributed by atoms with Crippen molar-refractivity contribution < 1.29 is 19.1 Å². The van der Waals surface area contributed by atoms with Crippen LogP contribution in [-0.2, 0) is 21.0 Å². The Morgan fingerprint density at radius 1 is 0.872 bits per heavy atom. The van der Waals surface area contributed by atoms with Gasteiger partial charge in [-0.25, -0.2) is 0 Å². The second kappa shape index (κ2) is 9.85. The van der Waals surface area contributed by atoms with Crippen molar-refractivity contribution in [1.29, 1.82) is 0 Å². The largest absolute Gasteiger partial charge is 0.454 e. The molecule has 1 unspecified atom stereocenters. The molecule has 1 atom stereocenters. The standard InChI is InChI=1S/C29H27BrN4O4S/c30-21-6-8-22(9-7-21)34-27(35)17-39-29(34)23-3-1-2-4-24(23)33(28(29)36)18-32-13-11-31(12-14-32)16-20-5-10-25-26(15-20)38-19-37-25/h1-10,15H,11-14,16-19H2. The molecule has 10 heteroatoms. The van der Waals surface area contributed by atoms with E-state index < -0.39 is 4.87 Å². The van der Waals surface area contributed by atoms with Crippen molar-refractivity contribution in [3.63, 3.8) is 0 Å². The predicted octanol–water partition coefficient (Wildman–Crippen LogP) is 4.23. The number of anilines is 2. The summed E-state index contributed by atoms with van der Waals surface area (Å²) in [5, 5.41) is 0. The number of para-hydroxylation sites is 1.